The molecule has 1 amide bonds. The SMILES string of the molecule is C[C@]12CC[C@H]3[C@@H](CCC4=CC(=O)CC[C@@]43C)[C@@H]1CC[C@@H]2C(=O)N(CC(F)(F)F)CC(F)(F)C(F)(F)F. The summed E-state index contributed by atoms with van der Waals surface area (Å²) in [5, 5.41) is 0. The summed E-state index contributed by atoms with van der Waals surface area (Å²) in [6.45, 7) is -0.568. The highest BCUT2D eigenvalue weighted by Gasteiger charge is 2.63. The molecule has 0 bridgehead atoms. The van der Waals surface area contributed by atoms with Crippen LogP contribution in [0.15, 0.2) is 11.6 Å². The third kappa shape index (κ3) is 4.57. The van der Waals surface area contributed by atoms with Crippen molar-refractivity contribution in [3.05, 3.63) is 11.6 Å². The summed E-state index contributed by atoms with van der Waals surface area (Å²) >= 11 is 0. The standard InChI is InChI=1S/C25H31F8NO2/c1-21-9-7-15(35)11-14(21)3-4-16-17-5-6-19(22(17,2)10-8-18(16)21)20(36)34(13-24(28,29)30)12-23(26,27)25(31,32)33/h11,16-19H,3-10,12-13H2,1-2H3/t16-,17-,18-,19+,21-,22-/m0/s1. The fourth-order valence-corrected chi connectivity index (χ4v) is 7.94. The Bertz CT molecular complexity index is 941. The molecule has 3 nitrogen and oxygen atoms in total. The summed E-state index contributed by atoms with van der Waals surface area (Å²) in [7, 11) is 0. The number of hydrogen-bond acceptors (Lipinski definition) is 2. The molecule has 4 aliphatic carbocycles. The Morgan fingerprint density at radius 1 is 0.917 bits per heavy atom. The maximum Gasteiger partial charge on any atom is 0.455 e. The van der Waals surface area contributed by atoms with Crippen LogP contribution in [0.25, 0.3) is 0 Å². The Morgan fingerprint density at radius 2 is 1.58 bits per heavy atom. The van der Waals surface area contributed by atoms with Gasteiger partial charge in [0.1, 0.15) is 6.54 Å². The van der Waals surface area contributed by atoms with Gasteiger partial charge in [-0.05, 0) is 79.6 Å². The Morgan fingerprint density at radius 3 is 2.19 bits per heavy atom. The van der Waals surface area contributed by atoms with E-state index in [0.29, 0.717) is 32.1 Å². The Hall–Kier alpha value is -1.68. The van der Waals surface area contributed by atoms with Crippen molar-refractivity contribution in [1.82, 2.24) is 4.90 Å². The van der Waals surface area contributed by atoms with Gasteiger partial charge >= 0.3 is 18.3 Å². The predicted octanol–water partition coefficient (Wildman–Crippen LogP) is 6.72. The molecule has 0 aromatic heterocycles. The quantitative estimate of drug-likeness (QED) is 0.379. The fourth-order valence-electron chi connectivity index (χ4n) is 7.94. The summed E-state index contributed by atoms with van der Waals surface area (Å²) in [5.41, 5.74) is 0.176. The number of ketones is 1. The van der Waals surface area contributed by atoms with Gasteiger partial charge in [-0.1, -0.05) is 19.4 Å². The number of halogens is 8. The van der Waals surface area contributed by atoms with E-state index in [4.69, 9.17) is 0 Å². The molecule has 4 rings (SSSR count). The number of carbonyl (C=O) groups is 2. The number of carbonyl (C=O) groups excluding carboxylic acids is 2. The van der Waals surface area contributed by atoms with Crippen molar-refractivity contribution in [2.24, 2.45) is 34.5 Å². The molecule has 0 saturated heterocycles. The molecule has 3 saturated carbocycles. The number of rotatable bonds is 4. The molecule has 0 N–H and O–H groups in total. The van der Waals surface area contributed by atoms with Gasteiger partial charge in [0.05, 0.1) is 6.54 Å². The van der Waals surface area contributed by atoms with Gasteiger partial charge in [0, 0.05) is 12.3 Å². The Kier molecular flexibility index (Phi) is 6.60. The number of fused-ring (bicyclic) bond motifs is 5. The molecule has 0 heterocycles. The second kappa shape index (κ2) is 8.68. The van der Waals surface area contributed by atoms with Gasteiger partial charge in [0.25, 0.3) is 0 Å². The van der Waals surface area contributed by atoms with Crippen molar-refractivity contribution in [3.63, 3.8) is 0 Å². The molecule has 36 heavy (non-hydrogen) atoms. The third-order valence-electron chi connectivity index (χ3n) is 9.75. The molecule has 0 radical (unpaired) electrons. The van der Waals surface area contributed by atoms with E-state index in [2.05, 4.69) is 6.92 Å². The smallest absolute Gasteiger partial charge is 0.327 e. The van der Waals surface area contributed by atoms with E-state index in [0.717, 1.165) is 18.4 Å². The molecule has 3 fully saturated rings. The predicted molar refractivity (Wildman–Crippen MR) is 114 cm³/mol. The van der Waals surface area contributed by atoms with Crippen LogP contribution in [0.5, 0.6) is 0 Å². The highest BCUT2D eigenvalue weighted by Crippen LogP contribution is 2.66. The monoisotopic (exact) mass is 529 g/mol. The van der Waals surface area contributed by atoms with E-state index < -0.39 is 48.6 Å². The number of allylic oxidation sites excluding steroid dienone is 1. The molecule has 0 unspecified atom stereocenters. The molecule has 0 aromatic rings. The number of amides is 1. The third-order valence-corrected chi connectivity index (χ3v) is 9.75. The van der Waals surface area contributed by atoms with Gasteiger partial charge < -0.3 is 4.90 Å². The van der Waals surface area contributed by atoms with E-state index in [1.165, 1.54) is 0 Å². The summed E-state index contributed by atoms with van der Waals surface area (Å²) in [5.74, 6) is -7.32. The molecule has 4 aliphatic rings. The molecule has 0 spiro atoms. The maximum absolute atomic E-state index is 13.8. The lowest BCUT2D eigenvalue weighted by atomic mass is 9.47. The zero-order chi connectivity index (χ0) is 26.9. The van der Waals surface area contributed by atoms with E-state index in [1.807, 2.05) is 0 Å². The first-order valence-electron chi connectivity index (χ1n) is 12.4. The van der Waals surface area contributed by atoms with Gasteiger partial charge in [0.2, 0.25) is 5.91 Å². The molecule has 0 aromatic carbocycles. The van der Waals surface area contributed by atoms with Crippen LogP contribution < -0.4 is 0 Å². The average molecular weight is 530 g/mol. The summed E-state index contributed by atoms with van der Waals surface area (Å²) in [4.78, 5) is 24.9. The van der Waals surface area contributed by atoms with Crippen LogP contribution in [0.4, 0.5) is 35.1 Å². The molecule has 6 atom stereocenters. The van der Waals surface area contributed by atoms with Crippen molar-refractivity contribution in [2.45, 2.75) is 83.5 Å². The average Bonchev–Trinajstić information content (AvgIpc) is 3.08. The van der Waals surface area contributed by atoms with E-state index in [1.54, 1.807) is 13.0 Å². The van der Waals surface area contributed by atoms with E-state index in [-0.39, 0.29) is 40.3 Å². The first kappa shape index (κ1) is 27.4. The minimum atomic E-state index is -6.07. The van der Waals surface area contributed by atoms with Crippen molar-refractivity contribution in [3.8, 4) is 0 Å². The lowest BCUT2D eigenvalue weighted by Crippen LogP contribution is -2.55. The van der Waals surface area contributed by atoms with Gasteiger partial charge in [-0.15, -0.1) is 0 Å². The van der Waals surface area contributed by atoms with Gasteiger partial charge in [-0.25, -0.2) is 0 Å². The minimum absolute atomic E-state index is 0.0444. The fraction of sp³-hybridized carbons (Fsp3) is 0.840. The number of alkyl halides is 8. The number of nitrogens with zero attached hydrogens (tertiary/aromatic N) is 1. The van der Waals surface area contributed by atoms with Crippen molar-refractivity contribution in [2.75, 3.05) is 13.1 Å². The van der Waals surface area contributed by atoms with E-state index in [9.17, 15) is 44.7 Å². The van der Waals surface area contributed by atoms with Gasteiger partial charge in [-0.2, -0.15) is 35.1 Å². The lowest BCUT2D eigenvalue weighted by Gasteiger charge is -2.58. The first-order valence-corrected chi connectivity index (χ1v) is 12.4. The van der Waals surface area contributed by atoms with Crippen molar-refractivity contribution < 1.29 is 44.7 Å². The molecule has 11 heteroatoms. The van der Waals surface area contributed by atoms with Crippen molar-refractivity contribution >= 4 is 11.7 Å². The van der Waals surface area contributed by atoms with Crippen LogP contribution in [-0.4, -0.2) is 48.0 Å². The lowest BCUT2D eigenvalue weighted by molar-refractivity contribution is -0.288. The molecule has 0 aliphatic heterocycles. The van der Waals surface area contributed by atoms with Crippen LogP contribution in [-0.2, 0) is 9.59 Å². The van der Waals surface area contributed by atoms with Crippen molar-refractivity contribution in [1.29, 1.82) is 0 Å². The van der Waals surface area contributed by atoms with Gasteiger partial charge in [-0.3, -0.25) is 9.59 Å². The maximum atomic E-state index is 13.8. The molecule has 204 valence electrons. The number of hydrogen-bond donors (Lipinski definition) is 0. The minimum Gasteiger partial charge on any atom is -0.327 e. The highest BCUT2D eigenvalue weighted by atomic mass is 19.4. The highest BCUT2D eigenvalue weighted by molar-refractivity contribution is 5.91. The second-order valence-electron chi connectivity index (χ2n) is 11.7. The summed E-state index contributed by atoms with van der Waals surface area (Å²) < 4.78 is 105. The topological polar surface area (TPSA) is 37.4 Å². The van der Waals surface area contributed by atoms with Gasteiger partial charge in [0.15, 0.2) is 5.78 Å². The zero-order valence-electron chi connectivity index (χ0n) is 20.2. The summed E-state index contributed by atoms with van der Waals surface area (Å²) in [6, 6.07) is 0. The van der Waals surface area contributed by atoms with Crippen LogP contribution in [0, 0.1) is 34.5 Å². The van der Waals surface area contributed by atoms with Crippen LogP contribution in [0.2, 0.25) is 0 Å². The van der Waals surface area contributed by atoms with Crippen LogP contribution >= 0.6 is 0 Å². The zero-order valence-corrected chi connectivity index (χ0v) is 20.2. The second-order valence-corrected chi connectivity index (χ2v) is 11.7. The molecular formula is C25H31F8NO2. The first-order chi connectivity index (χ1) is 16.4. The van der Waals surface area contributed by atoms with Crippen LogP contribution in [0.1, 0.15) is 65.2 Å². The molecular weight excluding hydrogens is 498 g/mol. The van der Waals surface area contributed by atoms with Crippen LogP contribution in [0.3, 0.4) is 0 Å². The van der Waals surface area contributed by atoms with E-state index >= 15 is 0 Å². The normalized spacial score (nSPS) is 37.1. The Labute approximate surface area is 204 Å². The summed E-state index contributed by atoms with van der Waals surface area (Å²) in [6.07, 6.45) is -4.99. The Balaban J connectivity index is 1.59. The largest absolute Gasteiger partial charge is 0.455 e.